The maximum Gasteiger partial charge on any atom is 0.221 e. The van der Waals surface area contributed by atoms with E-state index in [0.29, 0.717) is 11.4 Å². The Balaban J connectivity index is 2.07. The number of hydrogen-bond donors (Lipinski definition) is 1. The normalized spacial score (nSPS) is 10.7. The molecule has 3 rings (SSSR count). The van der Waals surface area contributed by atoms with Crippen LogP contribution in [0.25, 0.3) is 16.9 Å². The highest BCUT2D eigenvalue weighted by Crippen LogP contribution is 2.30. The summed E-state index contributed by atoms with van der Waals surface area (Å²) in [7, 11) is 1.58. The SMILES string of the molecule is COc1ccc(-c2cn3ccc(C)cc3n2)cc1NC(C)=O. The van der Waals surface area contributed by atoms with Crippen molar-refractivity contribution in [2.45, 2.75) is 13.8 Å². The minimum Gasteiger partial charge on any atom is -0.495 e. The largest absolute Gasteiger partial charge is 0.495 e. The van der Waals surface area contributed by atoms with E-state index in [9.17, 15) is 4.79 Å². The van der Waals surface area contributed by atoms with Gasteiger partial charge in [0, 0.05) is 24.9 Å². The van der Waals surface area contributed by atoms with E-state index in [-0.39, 0.29) is 5.91 Å². The number of anilines is 1. The third-order valence-corrected chi connectivity index (χ3v) is 3.42. The first-order valence-electron chi connectivity index (χ1n) is 6.98. The van der Waals surface area contributed by atoms with Crippen molar-refractivity contribution in [2.24, 2.45) is 0 Å². The molecule has 5 nitrogen and oxygen atoms in total. The fraction of sp³-hybridized carbons (Fsp3) is 0.176. The second-order valence-electron chi connectivity index (χ2n) is 5.19. The first-order valence-corrected chi connectivity index (χ1v) is 6.98. The summed E-state index contributed by atoms with van der Waals surface area (Å²) in [4.78, 5) is 16.0. The first-order chi connectivity index (χ1) is 10.6. The average Bonchev–Trinajstić information content (AvgIpc) is 2.89. The molecule has 0 bridgehead atoms. The monoisotopic (exact) mass is 295 g/mol. The third kappa shape index (κ3) is 2.65. The summed E-state index contributed by atoms with van der Waals surface area (Å²) in [6.07, 6.45) is 3.95. The Morgan fingerprint density at radius 2 is 2.09 bits per heavy atom. The Morgan fingerprint density at radius 3 is 2.82 bits per heavy atom. The quantitative estimate of drug-likeness (QED) is 0.806. The van der Waals surface area contributed by atoms with Crippen LogP contribution in [0.1, 0.15) is 12.5 Å². The predicted octanol–water partition coefficient (Wildman–Crippen LogP) is 3.28. The molecule has 0 saturated carbocycles. The van der Waals surface area contributed by atoms with Gasteiger partial charge in [0.05, 0.1) is 18.5 Å². The first kappa shape index (κ1) is 14.1. The highest BCUT2D eigenvalue weighted by Gasteiger charge is 2.10. The lowest BCUT2D eigenvalue weighted by molar-refractivity contribution is -0.114. The second kappa shape index (κ2) is 5.52. The summed E-state index contributed by atoms with van der Waals surface area (Å²) in [5.41, 5.74) is 4.47. The molecule has 1 amide bonds. The molecule has 112 valence electrons. The van der Waals surface area contributed by atoms with Crippen LogP contribution in [0, 0.1) is 6.92 Å². The molecule has 1 aromatic carbocycles. The molecule has 0 aliphatic heterocycles. The molecule has 0 aliphatic carbocycles. The van der Waals surface area contributed by atoms with Crippen molar-refractivity contribution in [3.63, 3.8) is 0 Å². The Hall–Kier alpha value is -2.82. The van der Waals surface area contributed by atoms with Crippen molar-refractivity contribution in [2.75, 3.05) is 12.4 Å². The maximum atomic E-state index is 11.3. The molecule has 2 heterocycles. The molecule has 0 atom stereocenters. The number of ether oxygens (including phenoxy) is 1. The third-order valence-electron chi connectivity index (χ3n) is 3.42. The van der Waals surface area contributed by atoms with Gasteiger partial charge in [0.15, 0.2) is 0 Å². The summed E-state index contributed by atoms with van der Waals surface area (Å²) >= 11 is 0. The van der Waals surface area contributed by atoms with Gasteiger partial charge < -0.3 is 14.5 Å². The van der Waals surface area contributed by atoms with Crippen molar-refractivity contribution in [1.29, 1.82) is 0 Å². The van der Waals surface area contributed by atoms with Crippen LogP contribution in [-0.2, 0) is 4.79 Å². The van der Waals surface area contributed by atoms with Crippen LogP contribution in [0.4, 0.5) is 5.69 Å². The molecular weight excluding hydrogens is 278 g/mol. The standard InChI is InChI=1S/C17H17N3O2/c1-11-6-7-20-10-15(19-17(20)8-11)13-4-5-16(22-3)14(9-13)18-12(2)21/h4-10H,1-3H3,(H,18,21). The number of imidazole rings is 1. The molecule has 0 radical (unpaired) electrons. The number of hydrogen-bond acceptors (Lipinski definition) is 3. The van der Waals surface area contributed by atoms with Crippen molar-refractivity contribution < 1.29 is 9.53 Å². The number of methoxy groups -OCH3 is 1. The highest BCUT2D eigenvalue weighted by molar-refractivity contribution is 5.91. The van der Waals surface area contributed by atoms with E-state index in [1.54, 1.807) is 7.11 Å². The fourth-order valence-corrected chi connectivity index (χ4v) is 2.38. The van der Waals surface area contributed by atoms with Gasteiger partial charge in [-0.15, -0.1) is 0 Å². The fourth-order valence-electron chi connectivity index (χ4n) is 2.38. The molecule has 3 aromatic rings. The number of carbonyl (C=O) groups is 1. The van der Waals surface area contributed by atoms with Gasteiger partial charge in [0.1, 0.15) is 11.4 Å². The van der Waals surface area contributed by atoms with Gasteiger partial charge in [0.2, 0.25) is 5.91 Å². The van der Waals surface area contributed by atoms with Crippen molar-refractivity contribution in [1.82, 2.24) is 9.38 Å². The molecule has 0 unspecified atom stereocenters. The predicted molar refractivity (Wildman–Crippen MR) is 86.2 cm³/mol. The number of rotatable bonds is 3. The Bertz CT molecular complexity index is 852. The van der Waals surface area contributed by atoms with Crippen LogP contribution >= 0.6 is 0 Å². The summed E-state index contributed by atoms with van der Waals surface area (Å²) in [5.74, 6) is 0.486. The van der Waals surface area contributed by atoms with Crippen molar-refractivity contribution in [3.8, 4) is 17.0 Å². The lowest BCUT2D eigenvalue weighted by Crippen LogP contribution is -2.07. The number of aromatic nitrogens is 2. The van der Waals surface area contributed by atoms with E-state index < -0.39 is 0 Å². The number of nitrogens with one attached hydrogen (secondary N) is 1. The number of fused-ring (bicyclic) bond motifs is 1. The van der Waals surface area contributed by atoms with Crippen LogP contribution < -0.4 is 10.1 Å². The number of benzene rings is 1. The van der Waals surface area contributed by atoms with Gasteiger partial charge in [-0.2, -0.15) is 0 Å². The Kier molecular flexibility index (Phi) is 3.55. The molecule has 0 saturated heterocycles. The second-order valence-corrected chi connectivity index (χ2v) is 5.19. The number of amides is 1. The van der Waals surface area contributed by atoms with Gasteiger partial charge in [-0.25, -0.2) is 4.98 Å². The zero-order chi connectivity index (χ0) is 15.7. The van der Waals surface area contributed by atoms with E-state index in [0.717, 1.165) is 16.9 Å². The van der Waals surface area contributed by atoms with Crippen LogP contribution in [0.5, 0.6) is 5.75 Å². The van der Waals surface area contributed by atoms with Gasteiger partial charge >= 0.3 is 0 Å². The van der Waals surface area contributed by atoms with Crippen LogP contribution in [0.3, 0.4) is 0 Å². The smallest absolute Gasteiger partial charge is 0.221 e. The molecule has 22 heavy (non-hydrogen) atoms. The Morgan fingerprint density at radius 1 is 1.27 bits per heavy atom. The minimum atomic E-state index is -0.138. The maximum absolute atomic E-state index is 11.3. The van der Waals surface area contributed by atoms with E-state index in [4.69, 9.17) is 4.74 Å². The van der Waals surface area contributed by atoms with Crippen LogP contribution in [0.15, 0.2) is 42.7 Å². The van der Waals surface area contributed by atoms with Gasteiger partial charge in [0.25, 0.3) is 0 Å². The molecule has 0 fully saturated rings. The molecule has 0 aliphatic rings. The number of carbonyl (C=O) groups excluding carboxylic acids is 1. The molecule has 1 N–H and O–H groups in total. The number of nitrogens with zero attached hydrogens (tertiary/aromatic N) is 2. The molecule has 2 aromatic heterocycles. The Labute approximate surface area is 128 Å². The van der Waals surface area contributed by atoms with Crippen molar-refractivity contribution >= 4 is 17.2 Å². The molecule has 0 spiro atoms. The summed E-state index contributed by atoms with van der Waals surface area (Å²) in [5, 5.41) is 2.78. The topological polar surface area (TPSA) is 55.6 Å². The van der Waals surface area contributed by atoms with Crippen LogP contribution in [0.2, 0.25) is 0 Å². The number of aryl methyl sites for hydroxylation is 1. The lowest BCUT2D eigenvalue weighted by atomic mass is 10.1. The van der Waals surface area contributed by atoms with Crippen LogP contribution in [-0.4, -0.2) is 22.4 Å². The molecule has 5 heteroatoms. The zero-order valence-corrected chi connectivity index (χ0v) is 12.8. The summed E-state index contributed by atoms with van der Waals surface area (Å²) in [6, 6.07) is 9.69. The zero-order valence-electron chi connectivity index (χ0n) is 12.8. The van der Waals surface area contributed by atoms with Gasteiger partial charge in [-0.3, -0.25) is 4.79 Å². The van der Waals surface area contributed by atoms with E-state index in [1.165, 1.54) is 12.5 Å². The minimum absolute atomic E-state index is 0.138. The van der Waals surface area contributed by atoms with Gasteiger partial charge in [-0.1, -0.05) is 0 Å². The summed E-state index contributed by atoms with van der Waals surface area (Å²) in [6.45, 7) is 3.51. The lowest BCUT2D eigenvalue weighted by Gasteiger charge is -2.10. The summed E-state index contributed by atoms with van der Waals surface area (Å²) < 4.78 is 7.25. The highest BCUT2D eigenvalue weighted by atomic mass is 16.5. The van der Waals surface area contributed by atoms with E-state index in [1.807, 2.05) is 54.0 Å². The molecular formula is C17H17N3O2. The average molecular weight is 295 g/mol. The van der Waals surface area contributed by atoms with Crippen molar-refractivity contribution in [3.05, 3.63) is 48.3 Å². The number of pyridine rings is 1. The van der Waals surface area contributed by atoms with E-state index in [2.05, 4.69) is 10.3 Å². The van der Waals surface area contributed by atoms with E-state index >= 15 is 0 Å². The van der Waals surface area contributed by atoms with Gasteiger partial charge in [-0.05, 0) is 42.8 Å².